The van der Waals surface area contributed by atoms with Crippen molar-refractivity contribution in [3.8, 4) is 11.5 Å². The lowest BCUT2D eigenvalue weighted by Gasteiger charge is -2.35. The zero-order valence-corrected chi connectivity index (χ0v) is 17.3. The van der Waals surface area contributed by atoms with Gasteiger partial charge in [-0.15, -0.1) is 0 Å². The van der Waals surface area contributed by atoms with Crippen molar-refractivity contribution in [2.45, 2.75) is 89.8 Å². The normalized spacial score (nSPS) is 26.4. The number of aliphatic carboxylic acids is 1. The van der Waals surface area contributed by atoms with Crippen molar-refractivity contribution in [1.29, 1.82) is 0 Å². The molecule has 0 saturated heterocycles. The number of ether oxygens (including phenoxy) is 2. The van der Waals surface area contributed by atoms with Crippen molar-refractivity contribution >= 4 is 5.97 Å². The van der Waals surface area contributed by atoms with Gasteiger partial charge in [-0.05, 0) is 75.3 Å². The van der Waals surface area contributed by atoms with E-state index in [1.54, 1.807) is 0 Å². The summed E-state index contributed by atoms with van der Waals surface area (Å²) in [7, 11) is 0. The number of fused-ring (bicyclic) bond motifs is 1. The van der Waals surface area contributed by atoms with Crippen LogP contribution in [-0.2, 0) is 11.2 Å². The third-order valence-electron chi connectivity index (χ3n) is 5.96. The Balaban J connectivity index is 1.47. The lowest BCUT2D eigenvalue weighted by atomic mass is 9.82. The average Bonchev–Trinajstić information content (AvgIpc) is 2.63. The van der Waals surface area contributed by atoms with E-state index >= 15 is 0 Å². The van der Waals surface area contributed by atoms with E-state index < -0.39 is 5.97 Å². The summed E-state index contributed by atoms with van der Waals surface area (Å²) >= 11 is 0. The monoisotopic (exact) mass is 386 g/mol. The standard InChI is InChI=1S/C24H34O4/c1-3-4-5-6-7-8-9-13-24(2)14-12-18-15-20(10-11-22(18)28-24)27-21-16-19(17-21)23(25)26/h9-11,13,15,19,21H,3-8,12,14,16-17H2,1-2H3,(H,25,26)/b13-9+. The first-order valence-electron chi connectivity index (χ1n) is 10.9. The summed E-state index contributed by atoms with van der Waals surface area (Å²) < 4.78 is 12.2. The number of unbranched alkanes of at least 4 members (excludes halogenated alkanes) is 5. The third-order valence-corrected chi connectivity index (χ3v) is 5.96. The van der Waals surface area contributed by atoms with Crippen LogP contribution in [0.1, 0.15) is 77.2 Å². The summed E-state index contributed by atoms with van der Waals surface area (Å²) in [6, 6.07) is 5.99. The van der Waals surface area contributed by atoms with Crippen LogP contribution in [0.2, 0.25) is 0 Å². The molecule has 28 heavy (non-hydrogen) atoms. The summed E-state index contributed by atoms with van der Waals surface area (Å²) in [5, 5.41) is 8.97. The summed E-state index contributed by atoms with van der Waals surface area (Å²) in [6.07, 6.45) is 15.3. The predicted molar refractivity (Wildman–Crippen MR) is 111 cm³/mol. The van der Waals surface area contributed by atoms with Crippen LogP contribution >= 0.6 is 0 Å². The molecule has 1 unspecified atom stereocenters. The largest absolute Gasteiger partial charge is 0.490 e. The van der Waals surface area contributed by atoms with Crippen molar-refractivity contribution in [2.24, 2.45) is 5.92 Å². The van der Waals surface area contributed by atoms with E-state index in [9.17, 15) is 4.79 Å². The highest BCUT2D eigenvalue weighted by molar-refractivity contribution is 5.71. The highest BCUT2D eigenvalue weighted by atomic mass is 16.5. The van der Waals surface area contributed by atoms with Gasteiger partial charge in [-0.2, -0.15) is 0 Å². The molecule has 0 spiro atoms. The van der Waals surface area contributed by atoms with Gasteiger partial charge in [-0.3, -0.25) is 4.79 Å². The molecule has 4 heteroatoms. The first kappa shape index (κ1) is 20.8. The van der Waals surface area contributed by atoms with Crippen LogP contribution < -0.4 is 9.47 Å². The summed E-state index contributed by atoms with van der Waals surface area (Å²) in [5.74, 6) is 0.797. The molecular formula is C24H34O4. The smallest absolute Gasteiger partial charge is 0.306 e. The number of aryl methyl sites for hydroxylation is 1. The van der Waals surface area contributed by atoms with Gasteiger partial charge in [0, 0.05) is 0 Å². The molecule has 2 aliphatic rings. The molecule has 1 aromatic rings. The molecule has 1 aromatic carbocycles. The Morgan fingerprint density at radius 2 is 2.07 bits per heavy atom. The van der Waals surface area contributed by atoms with Gasteiger partial charge in [0.15, 0.2) is 0 Å². The molecular weight excluding hydrogens is 352 g/mol. The van der Waals surface area contributed by atoms with Gasteiger partial charge >= 0.3 is 5.97 Å². The number of carboxylic acids is 1. The minimum Gasteiger partial charge on any atom is -0.490 e. The van der Waals surface area contributed by atoms with E-state index in [1.165, 1.54) is 37.7 Å². The van der Waals surface area contributed by atoms with Crippen LogP contribution in [-0.4, -0.2) is 22.8 Å². The summed E-state index contributed by atoms with van der Waals surface area (Å²) in [4.78, 5) is 10.9. The molecule has 1 heterocycles. The van der Waals surface area contributed by atoms with Crippen LogP contribution in [0.5, 0.6) is 11.5 Å². The minimum absolute atomic E-state index is 0.0224. The lowest BCUT2D eigenvalue weighted by Crippen LogP contribution is -2.38. The molecule has 1 N–H and O–H groups in total. The topological polar surface area (TPSA) is 55.8 Å². The molecule has 1 atom stereocenters. The molecule has 1 aliphatic heterocycles. The van der Waals surface area contributed by atoms with Crippen molar-refractivity contribution in [2.75, 3.05) is 0 Å². The number of rotatable bonds is 10. The van der Waals surface area contributed by atoms with Gasteiger partial charge in [0.1, 0.15) is 23.2 Å². The highest BCUT2D eigenvalue weighted by Gasteiger charge is 2.36. The minimum atomic E-state index is -0.716. The number of carboxylic acid groups (broad SMARTS) is 1. The fraction of sp³-hybridized carbons (Fsp3) is 0.625. The van der Waals surface area contributed by atoms with Crippen LogP contribution in [0, 0.1) is 5.92 Å². The zero-order valence-electron chi connectivity index (χ0n) is 17.3. The molecule has 0 bridgehead atoms. The second kappa shape index (κ2) is 9.49. The SMILES string of the molecule is CCCCCCC/C=C/C1(C)CCc2cc(OC3CC(C(=O)O)C3)ccc2O1. The zero-order chi connectivity index (χ0) is 20.0. The first-order valence-corrected chi connectivity index (χ1v) is 10.9. The third kappa shape index (κ3) is 5.52. The maximum atomic E-state index is 10.9. The number of benzene rings is 1. The van der Waals surface area contributed by atoms with Crippen molar-refractivity contribution in [3.05, 3.63) is 35.9 Å². The van der Waals surface area contributed by atoms with Gasteiger partial charge < -0.3 is 14.6 Å². The van der Waals surface area contributed by atoms with Gasteiger partial charge in [-0.1, -0.05) is 38.7 Å². The molecule has 1 aliphatic carbocycles. The van der Waals surface area contributed by atoms with Crippen LogP contribution in [0.4, 0.5) is 0 Å². The van der Waals surface area contributed by atoms with E-state index in [-0.39, 0.29) is 17.6 Å². The number of hydrogen-bond donors (Lipinski definition) is 1. The van der Waals surface area contributed by atoms with Crippen molar-refractivity contribution < 1.29 is 19.4 Å². The predicted octanol–water partition coefficient (Wildman–Crippen LogP) is 5.93. The highest BCUT2D eigenvalue weighted by Crippen LogP contribution is 2.38. The molecule has 0 amide bonds. The Morgan fingerprint density at radius 3 is 2.82 bits per heavy atom. The van der Waals surface area contributed by atoms with Crippen LogP contribution in [0.25, 0.3) is 0 Å². The molecule has 3 rings (SSSR count). The van der Waals surface area contributed by atoms with Gasteiger partial charge in [-0.25, -0.2) is 0 Å². The van der Waals surface area contributed by atoms with Crippen LogP contribution in [0.15, 0.2) is 30.4 Å². The fourth-order valence-electron chi connectivity index (χ4n) is 3.98. The van der Waals surface area contributed by atoms with E-state index in [0.29, 0.717) is 12.8 Å². The number of carbonyl (C=O) groups is 1. The Kier molecular flexibility index (Phi) is 7.03. The van der Waals surface area contributed by atoms with Crippen molar-refractivity contribution in [1.82, 2.24) is 0 Å². The van der Waals surface area contributed by atoms with Crippen LogP contribution in [0.3, 0.4) is 0 Å². The van der Waals surface area contributed by atoms with Gasteiger partial charge in [0.05, 0.1) is 5.92 Å². The molecule has 0 radical (unpaired) electrons. The molecule has 154 valence electrons. The van der Waals surface area contributed by atoms with E-state index in [1.807, 2.05) is 12.1 Å². The number of hydrogen-bond acceptors (Lipinski definition) is 3. The molecule has 1 saturated carbocycles. The van der Waals surface area contributed by atoms with E-state index in [4.69, 9.17) is 14.6 Å². The summed E-state index contributed by atoms with van der Waals surface area (Å²) in [5.41, 5.74) is 0.943. The second-order valence-electron chi connectivity index (χ2n) is 8.54. The Morgan fingerprint density at radius 1 is 1.29 bits per heavy atom. The van der Waals surface area contributed by atoms with Gasteiger partial charge in [0.25, 0.3) is 0 Å². The Hall–Kier alpha value is -1.97. The van der Waals surface area contributed by atoms with Gasteiger partial charge in [0.2, 0.25) is 0 Å². The Bertz CT molecular complexity index is 690. The quantitative estimate of drug-likeness (QED) is 0.400. The molecule has 4 nitrogen and oxygen atoms in total. The van der Waals surface area contributed by atoms with E-state index in [2.05, 4.69) is 32.1 Å². The Labute approximate surface area is 168 Å². The van der Waals surface area contributed by atoms with E-state index in [0.717, 1.165) is 30.8 Å². The maximum Gasteiger partial charge on any atom is 0.306 e. The first-order chi connectivity index (χ1) is 13.5. The molecule has 0 aromatic heterocycles. The maximum absolute atomic E-state index is 10.9. The van der Waals surface area contributed by atoms with Crippen molar-refractivity contribution in [3.63, 3.8) is 0 Å². The number of allylic oxidation sites excluding steroid dienone is 1. The fourth-order valence-corrected chi connectivity index (χ4v) is 3.98. The lowest BCUT2D eigenvalue weighted by molar-refractivity contribution is -0.147. The average molecular weight is 387 g/mol. The molecule has 1 fully saturated rings. The summed E-state index contributed by atoms with van der Waals surface area (Å²) in [6.45, 7) is 4.41. The second-order valence-corrected chi connectivity index (χ2v) is 8.54.